The molecule has 0 fully saturated rings. The molecule has 0 saturated carbocycles. The highest BCUT2D eigenvalue weighted by Gasteiger charge is 2.37. The summed E-state index contributed by atoms with van der Waals surface area (Å²) in [5, 5.41) is 10.3. The van der Waals surface area contributed by atoms with Crippen LogP contribution in [0.2, 0.25) is 0 Å². The van der Waals surface area contributed by atoms with Crippen molar-refractivity contribution in [2.75, 3.05) is 5.32 Å². The number of amides is 1. The topological polar surface area (TPSA) is 64.7 Å². The van der Waals surface area contributed by atoms with E-state index in [1.807, 2.05) is 0 Å². The normalized spacial score (nSPS) is 12.1. The number of alkyl halides is 3. The summed E-state index contributed by atoms with van der Waals surface area (Å²) in [7, 11) is 3.17. The molecule has 24 heavy (non-hydrogen) atoms. The van der Waals surface area contributed by atoms with Crippen molar-refractivity contribution in [3.63, 3.8) is 0 Å². The predicted molar refractivity (Wildman–Crippen MR) is 84.2 cm³/mol. The number of nitrogens with zero attached hydrogens (tertiary/aromatic N) is 4. The van der Waals surface area contributed by atoms with Gasteiger partial charge < -0.3 is 5.32 Å². The van der Waals surface area contributed by atoms with Gasteiger partial charge in [-0.1, -0.05) is 0 Å². The molecule has 1 amide bonds. The summed E-state index contributed by atoms with van der Waals surface area (Å²) in [4.78, 5) is 12.9. The van der Waals surface area contributed by atoms with Crippen molar-refractivity contribution in [2.45, 2.75) is 20.0 Å². The van der Waals surface area contributed by atoms with Gasteiger partial charge >= 0.3 is 6.18 Å². The fourth-order valence-corrected chi connectivity index (χ4v) is 3.46. The van der Waals surface area contributed by atoms with Gasteiger partial charge in [0.25, 0.3) is 5.91 Å². The quantitative estimate of drug-likeness (QED) is 0.766. The third kappa shape index (κ3) is 2.56. The molecule has 3 aromatic rings. The zero-order valence-electron chi connectivity index (χ0n) is 13.3. The third-order valence-corrected chi connectivity index (χ3v) is 4.95. The molecule has 0 aromatic carbocycles. The predicted octanol–water partition coefficient (Wildman–Crippen LogP) is 3.26. The number of rotatable bonds is 2. The van der Waals surface area contributed by atoms with E-state index in [1.165, 1.54) is 13.1 Å². The van der Waals surface area contributed by atoms with Crippen LogP contribution in [-0.2, 0) is 20.3 Å². The number of nitrogens with one attached hydrogen (secondary N) is 1. The zero-order valence-corrected chi connectivity index (χ0v) is 14.1. The van der Waals surface area contributed by atoms with E-state index in [-0.39, 0.29) is 10.3 Å². The molecule has 6 nitrogen and oxygen atoms in total. The van der Waals surface area contributed by atoms with Gasteiger partial charge in [0.1, 0.15) is 4.83 Å². The highest BCUT2D eigenvalue weighted by Crippen LogP contribution is 2.37. The Morgan fingerprint density at radius 2 is 1.88 bits per heavy atom. The van der Waals surface area contributed by atoms with E-state index in [2.05, 4.69) is 15.5 Å². The SMILES string of the molecule is Cc1nn(C)c(C)c1NC(=O)c1cc2c(C(F)(F)F)nn(C)c2s1. The summed E-state index contributed by atoms with van der Waals surface area (Å²) in [6, 6.07) is 1.23. The minimum Gasteiger partial charge on any atom is -0.318 e. The zero-order chi connectivity index (χ0) is 17.8. The van der Waals surface area contributed by atoms with Crippen LogP contribution in [0, 0.1) is 13.8 Å². The van der Waals surface area contributed by atoms with Gasteiger partial charge in [-0.25, -0.2) is 0 Å². The second-order valence-electron chi connectivity index (χ2n) is 5.42. The molecule has 0 radical (unpaired) electrons. The molecular weight excluding hydrogens is 343 g/mol. The van der Waals surface area contributed by atoms with Crippen molar-refractivity contribution in [3.8, 4) is 0 Å². The lowest BCUT2D eigenvalue weighted by Gasteiger charge is -2.04. The van der Waals surface area contributed by atoms with E-state index < -0.39 is 17.8 Å². The maximum atomic E-state index is 13.0. The van der Waals surface area contributed by atoms with Crippen molar-refractivity contribution in [1.29, 1.82) is 0 Å². The molecule has 0 aliphatic heterocycles. The van der Waals surface area contributed by atoms with Crippen LogP contribution in [-0.4, -0.2) is 25.5 Å². The van der Waals surface area contributed by atoms with Gasteiger partial charge in [-0.3, -0.25) is 14.2 Å². The molecule has 10 heteroatoms. The Hall–Kier alpha value is -2.36. The monoisotopic (exact) mass is 357 g/mol. The molecule has 0 bridgehead atoms. The summed E-state index contributed by atoms with van der Waals surface area (Å²) in [6.07, 6.45) is -4.56. The molecule has 1 N–H and O–H groups in total. The maximum absolute atomic E-state index is 13.0. The number of carbonyl (C=O) groups is 1. The largest absolute Gasteiger partial charge is 0.435 e. The number of hydrogen-bond donors (Lipinski definition) is 1. The number of fused-ring (bicyclic) bond motifs is 1. The van der Waals surface area contributed by atoms with Gasteiger partial charge in [-0.15, -0.1) is 11.3 Å². The van der Waals surface area contributed by atoms with Gasteiger partial charge in [-0.05, 0) is 19.9 Å². The number of anilines is 1. The summed E-state index contributed by atoms with van der Waals surface area (Å²) in [6.45, 7) is 3.55. The number of carbonyl (C=O) groups excluding carboxylic acids is 1. The van der Waals surface area contributed by atoms with Crippen molar-refractivity contribution in [3.05, 3.63) is 28.0 Å². The first kappa shape index (κ1) is 16.5. The lowest BCUT2D eigenvalue weighted by Crippen LogP contribution is -2.12. The Kier molecular flexibility index (Phi) is 3.67. The molecule has 0 unspecified atom stereocenters. The van der Waals surface area contributed by atoms with Gasteiger partial charge in [-0.2, -0.15) is 23.4 Å². The van der Waals surface area contributed by atoms with E-state index in [0.29, 0.717) is 16.2 Å². The number of hydrogen-bond acceptors (Lipinski definition) is 4. The molecule has 0 atom stereocenters. The molecule has 0 aliphatic rings. The number of halogens is 3. The van der Waals surface area contributed by atoms with Crippen LogP contribution in [0.5, 0.6) is 0 Å². The Morgan fingerprint density at radius 1 is 1.21 bits per heavy atom. The highest BCUT2D eigenvalue weighted by molar-refractivity contribution is 7.20. The van der Waals surface area contributed by atoms with Crippen LogP contribution < -0.4 is 5.32 Å². The van der Waals surface area contributed by atoms with E-state index in [4.69, 9.17) is 0 Å². The van der Waals surface area contributed by atoms with Crippen LogP contribution in [0.4, 0.5) is 18.9 Å². The average Bonchev–Trinajstić information content (AvgIpc) is 3.09. The van der Waals surface area contributed by atoms with Crippen LogP contribution >= 0.6 is 11.3 Å². The molecule has 3 aromatic heterocycles. The van der Waals surface area contributed by atoms with E-state index >= 15 is 0 Å². The van der Waals surface area contributed by atoms with Crippen molar-refractivity contribution < 1.29 is 18.0 Å². The Morgan fingerprint density at radius 3 is 2.42 bits per heavy atom. The summed E-state index contributed by atoms with van der Waals surface area (Å²) >= 11 is 0.968. The molecule has 0 saturated heterocycles. The lowest BCUT2D eigenvalue weighted by molar-refractivity contribution is -0.140. The summed E-state index contributed by atoms with van der Waals surface area (Å²) in [5.74, 6) is -0.469. The molecule has 128 valence electrons. The van der Waals surface area contributed by atoms with Gasteiger partial charge in [0.2, 0.25) is 0 Å². The van der Waals surface area contributed by atoms with Crippen molar-refractivity contribution in [1.82, 2.24) is 19.6 Å². The Balaban J connectivity index is 1.99. The number of aryl methyl sites for hydroxylation is 3. The highest BCUT2D eigenvalue weighted by atomic mass is 32.1. The Labute approximate surface area is 138 Å². The number of thiophene rings is 1. The van der Waals surface area contributed by atoms with Crippen molar-refractivity contribution >= 4 is 33.1 Å². The second kappa shape index (κ2) is 5.33. The Bertz CT molecular complexity index is 950. The third-order valence-electron chi connectivity index (χ3n) is 3.75. The standard InChI is InChI=1S/C14H14F3N5OS/c1-6-10(7(2)21(3)19-6)18-12(23)9-5-8-11(14(15,16)17)20-22(4)13(8)24-9/h5H,1-4H3,(H,18,23). The van der Waals surface area contributed by atoms with Crippen LogP contribution in [0.3, 0.4) is 0 Å². The number of aromatic nitrogens is 4. The molecular formula is C14H14F3N5OS. The fraction of sp³-hybridized carbons (Fsp3) is 0.357. The van der Waals surface area contributed by atoms with E-state index in [1.54, 1.807) is 25.6 Å². The van der Waals surface area contributed by atoms with E-state index in [9.17, 15) is 18.0 Å². The van der Waals surface area contributed by atoms with Gasteiger partial charge in [0.15, 0.2) is 5.69 Å². The second-order valence-corrected chi connectivity index (χ2v) is 6.45. The molecule has 0 aliphatic carbocycles. The minimum atomic E-state index is -4.56. The molecule has 0 spiro atoms. The first-order chi connectivity index (χ1) is 11.1. The first-order valence-electron chi connectivity index (χ1n) is 6.95. The minimum absolute atomic E-state index is 0.0696. The van der Waals surface area contributed by atoms with Crippen molar-refractivity contribution in [2.24, 2.45) is 14.1 Å². The van der Waals surface area contributed by atoms with Crippen LogP contribution in [0.25, 0.3) is 10.2 Å². The van der Waals surface area contributed by atoms with Crippen LogP contribution in [0.15, 0.2) is 6.07 Å². The summed E-state index contributed by atoms with van der Waals surface area (Å²) < 4.78 is 41.8. The van der Waals surface area contributed by atoms with Crippen LogP contribution in [0.1, 0.15) is 26.8 Å². The van der Waals surface area contributed by atoms with Gasteiger partial charge in [0, 0.05) is 19.5 Å². The first-order valence-corrected chi connectivity index (χ1v) is 7.76. The maximum Gasteiger partial charge on any atom is 0.435 e. The molecule has 3 heterocycles. The summed E-state index contributed by atoms with van der Waals surface area (Å²) in [5.41, 5.74) is 0.986. The van der Waals surface area contributed by atoms with E-state index in [0.717, 1.165) is 21.7 Å². The van der Waals surface area contributed by atoms with Gasteiger partial charge in [0.05, 0.1) is 22.0 Å². The average molecular weight is 357 g/mol. The fourth-order valence-electron chi connectivity index (χ4n) is 2.49. The smallest absolute Gasteiger partial charge is 0.318 e. The molecule has 3 rings (SSSR count). The lowest BCUT2D eigenvalue weighted by atomic mass is 10.2.